The van der Waals surface area contributed by atoms with Crippen LogP contribution in [0.25, 0.3) is 0 Å². The maximum atomic E-state index is 13.8. The molecule has 2 rings (SSSR count). The van der Waals surface area contributed by atoms with Crippen LogP contribution in [0.5, 0.6) is 5.75 Å². The lowest BCUT2D eigenvalue weighted by atomic mass is 9.98. The molecule has 1 aliphatic heterocycles. The van der Waals surface area contributed by atoms with Gasteiger partial charge in [0.1, 0.15) is 11.6 Å². The molecule has 3 nitrogen and oxygen atoms in total. The number of nitrogens with two attached hydrogens (primary N) is 1. The number of methoxy groups -OCH3 is 1. The zero-order chi connectivity index (χ0) is 13.7. The first-order valence-electron chi connectivity index (χ1n) is 6.92. The van der Waals surface area contributed by atoms with E-state index in [2.05, 4.69) is 0 Å². The standard InChI is InChI=1S/C15H22FNO2/c1-18-14-9-3-7-12(16)15(14)13(17)8-2-5-11-6-4-10-19-11/h3,7,9,11,13H,2,4-6,8,10,17H2,1H3. The molecule has 1 heterocycles. The van der Waals surface area contributed by atoms with E-state index >= 15 is 0 Å². The first-order chi connectivity index (χ1) is 9.22. The summed E-state index contributed by atoms with van der Waals surface area (Å²) in [6.45, 7) is 0.873. The van der Waals surface area contributed by atoms with Crippen LogP contribution in [0.15, 0.2) is 18.2 Å². The van der Waals surface area contributed by atoms with Crippen LogP contribution in [0.4, 0.5) is 4.39 Å². The van der Waals surface area contributed by atoms with Gasteiger partial charge in [0.05, 0.1) is 13.2 Å². The lowest BCUT2D eigenvalue weighted by Crippen LogP contribution is -2.14. The Morgan fingerprint density at radius 2 is 2.37 bits per heavy atom. The molecule has 19 heavy (non-hydrogen) atoms. The van der Waals surface area contributed by atoms with Crippen LogP contribution >= 0.6 is 0 Å². The Morgan fingerprint density at radius 1 is 1.53 bits per heavy atom. The van der Waals surface area contributed by atoms with Crippen molar-refractivity contribution in [1.82, 2.24) is 0 Å². The van der Waals surface area contributed by atoms with Crippen molar-refractivity contribution in [2.24, 2.45) is 5.73 Å². The first-order valence-corrected chi connectivity index (χ1v) is 6.92. The van der Waals surface area contributed by atoms with Gasteiger partial charge in [0.25, 0.3) is 0 Å². The highest BCUT2D eigenvalue weighted by molar-refractivity contribution is 5.36. The van der Waals surface area contributed by atoms with Crippen LogP contribution in [-0.2, 0) is 4.74 Å². The molecule has 1 aromatic carbocycles. The van der Waals surface area contributed by atoms with Gasteiger partial charge in [-0.3, -0.25) is 0 Å². The van der Waals surface area contributed by atoms with Crippen LogP contribution in [0.3, 0.4) is 0 Å². The molecule has 0 bridgehead atoms. The van der Waals surface area contributed by atoms with Gasteiger partial charge in [-0.2, -0.15) is 0 Å². The molecule has 1 fully saturated rings. The Labute approximate surface area is 113 Å². The van der Waals surface area contributed by atoms with E-state index in [-0.39, 0.29) is 11.9 Å². The van der Waals surface area contributed by atoms with E-state index in [1.807, 2.05) is 0 Å². The second-order valence-electron chi connectivity index (χ2n) is 5.03. The Hall–Kier alpha value is -1.13. The van der Waals surface area contributed by atoms with Gasteiger partial charge in [0, 0.05) is 18.2 Å². The Morgan fingerprint density at radius 3 is 3.05 bits per heavy atom. The zero-order valence-corrected chi connectivity index (χ0v) is 11.4. The summed E-state index contributed by atoms with van der Waals surface area (Å²) in [5.74, 6) is 0.244. The third-order valence-electron chi connectivity index (χ3n) is 3.67. The quantitative estimate of drug-likeness (QED) is 0.861. The number of ether oxygens (including phenoxy) is 2. The van der Waals surface area contributed by atoms with Crippen molar-refractivity contribution in [3.63, 3.8) is 0 Å². The summed E-state index contributed by atoms with van der Waals surface area (Å²) >= 11 is 0. The minimum Gasteiger partial charge on any atom is -0.496 e. The van der Waals surface area contributed by atoms with Gasteiger partial charge in [0.2, 0.25) is 0 Å². The molecule has 1 saturated heterocycles. The molecule has 0 aromatic heterocycles. The number of benzene rings is 1. The topological polar surface area (TPSA) is 44.5 Å². The number of hydrogen-bond donors (Lipinski definition) is 1. The first kappa shape index (κ1) is 14.3. The van der Waals surface area contributed by atoms with E-state index < -0.39 is 0 Å². The van der Waals surface area contributed by atoms with Crippen molar-refractivity contribution >= 4 is 0 Å². The molecule has 0 amide bonds. The fourth-order valence-electron chi connectivity index (χ4n) is 2.64. The third kappa shape index (κ3) is 3.67. The largest absolute Gasteiger partial charge is 0.496 e. The minimum absolute atomic E-state index is 0.288. The van der Waals surface area contributed by atoms with E-state index in [0.29, 0.717) is 17.4 Å². The van der Waals surface area contributed by atoms with Crippen molar-refractivity contribution in [3.05, 3.63) is 29.6 Å². The van der Waals surface area contributed by atoms with E-state index in [0.717, 1.165) is 38.7 Å². The van der Waals surface area contributed by atoms with Crippen LogP contribution in [-0.4, -0.2) is 19.8 Å². The Balaban J connectivity index is 1.90. The predicted octanol–water partition coefficient (Wildman–Crippen LogP) is 3.18. The third-order valence-corrected chi connectivity index (χ3v) is 3.67. The second-order valence-corrected chi connectivity index (χ2v) is 5.03. The number of hydrogen-bond acceptors (Lipinski definition) is 3. The van der Waals surface area contributed by atoms with E-state index in [1.165, 1.54) is 13.2 Å². The monoisotopic (exact) mass is 267 g/mol. The predicted molar refractivity (Wildman–Crippen MR) is 72.7 cm³/mol. The molecule has 1 aromatic rings. The van der Waals surface area contributed by atoms with Crippen LogP contribution in [0.1, 0.15) is 43.7 Å². The molecule has 2 atom stereocenters. The maximum absolute atomic E-state index is 13.8. The van der Waals surface area contributed by atoms with Crippen molar-refractivity contribution in [3.8, 4) is 5.75 Å². The molecule has 0 radical (unpaired) electrons. The minimum atomic E-state index is -0.322. The van der Waals surface area contributed by atoms with Gasteiger partial charge < -0.3 is 15.2 Å². The summed E-state index contributed by atoms with van der Waals surface area (Å²) in [5.41, 5.74) is 6.58. The average molecular weight is 267 g/mol. The smallest absolute Gasteiger partial charge is 0.131 e. The molecule has 4 heteroatoms. The van der Waals surface area contributed by atoms with Gasteiger partial charge in [-0.15, -0.1) is 0 Å². The molecule has 0 spiro atoms. The summed E-state index contributed by atoms with van der Waals surface area (Å²) < 4.78 is 24.6. The summed E-state index contributed by atoms with van der Waals surface area (Å²) in [6.07, 6.45) is 5.36. The fraction of sp³-hybridized carbons (Fsp3) is 0.600. The Bertz CT molecular complexity index is 405. The summed E-state index contributed by atoms with van der Waals surface area (Å²) in [4.78, 5) is 0. The van der Waals surface area contributed by atoms with Crippen molar-refractivity contribution in [2.75, 3.05) is 13.7 Å². The van der Waals surface area contributed by atoms with Gasteiger partial charge in [-0.05, 0) is 44.2 Å². The Kier molecular flexibility index (Phi) is 5.16. The molecule has 2 N–H and O–H groups in total. The highest BCUT2D eigenvalue weighted by atomic mass is 19.1. The molecule has 1 aliphatic rings. The van der Waals surface area contributed by atoms with Gasteiger partial charge in [-0.1, -0.05) is 6.07 Å². The van der Waals surface area contributed by atoms with Gasteiger partial charge in [-0.25, -0.2) is 4.39 Å². The summed E-state index contributed by atoms with van der Waals surface area (Å²) in [7, 11) is 1.54. The fourth-order valence-corrected chi connectivity index (χ4v) is 2.64. The van der Waals surface area contributed by atoms with Crippen molar-refractivity contribution in [1.29, 1.82) is 0 Å². The van der Waals surface area contributed by atoms with E-state index in [4.69, 9.17) is 15.2 Å². The summed E-state index contributed by atoms with van der Waals surface area (Å²) in [5, 5.41) is 0. The number of rotatable bonds is 6. The van der Waals surface area contributed by atoms with Crippen LogP contribution < -0.4 is 10.5 Å². The highest BCUT2D eigenvalue weighted by Crippen LogP contribution is 2.30. The average Bonchev–Trinajstić information content (AvgIpc) is 2.91. The van der Waals surface area contributed by atoms with Crippen molar-refractivity contribution in [2.45, 2.75) is 44.2 Å². The van der Waals surface area contributed by atoms with Crippen LogP contribution in [0.2, 0.25) is 0 Å². The van der Waals surface area contributed by atoms with E-state index in [1.54, 1.807) is 12.1 Å². The lowest BCUT2D eigenvalue weighted by Gasteiger charge is -2.17. The van der Waals surface area contributed by atoms with Gasteiger partial charge >= 0.3 is 0 Å². The molecular formula is C15H22FNO2. The molecule has 106 valence electrons. The molecule has 0 aliphatic carbocycles. The molecule has 0 saturated carbocycles. The second kappa shape index (κ2) is 6.87. The zero-order valence-electron chi connectivity index (χ0n) is 11.4. The SMILES string of the molecule is COc1cccc(F)c1C(N)CCCC1CCCO1. The van der Waals surface area contributed by atoms with Crippen LogP contribution in [0, 0.1) is 5.82 Å². The molecule has 2 unspecified atom stereocenters. The normalized spacial score (nSPS) is 20.5. The van der Waals surface area contributed by atoms with Gasteiger partial charge in [0.15, 0.2) is 0 Å². The van der Waals surface area contributed by atoms with Crippen molar-refractivity contribution < 1.29 is 13.9 Å². The number of halogens is 1. The highest BCUT2D eigenvalue weighted by Gasteiger charge is 2.19. The maximum Gasteiger partial charge on any atom is 0.131 e. The summed E-state index contributed by atoms with van der Waals surface area (Å²) in [6, 6.07) is 4.49. The molecular weight excluding hydrogens is 245 g/mol. The van der Waals surface area contributed by atoms with E-state index in [9.17, 15) is 4.39 Å². The lowest BCUT2D eigenvalue weighted by molar-refractivity contribution is 0.101.